The molecule has 0 aromatic heterocycles. The third-order valence-electron chi connectivity index (χ3n) is 3.12. The summed E-state index contributed by atoms with van der Waals surface area (Å²) in [6.45, 7) is 0. The lowest BCUT2D eigenvalue weighted by atomic mass is 9.96. The molecule has 70 valence electrons. The highest BCUT2D eigenvalue weighted by Gasteiger charge is 2.29. The van der Waals surface area contributed by atoms with Crippen molar-refractivity contribution in [1.82, 2.24) is 0 Å². The first kappa shape index (κ1) is 8.67. The van der Waals surface area contributed by atoms with Gasteiger partial charge in [-0.2, -0.15) is 0 Å². The smallest absolute Gasteiger partial charge is 0.168 e. The fraction of sp³-hybridized carbons (Fsp3) is 0.636. The van der Waals surface area contributed by atoms with Crippen LogP contribution in [0, 0.1) is 5.92 Å². The number of rotatable bonds is 1. The molecule has 0 aliphatic heterocycles. The Morgan fingerprint density at radius 2 is 1.92 bits per heavy atom. The number of carbonyl (C=O) groups excluding carboxylic acids is 2. The van der Waals surface area contributed by atoms with Crippen molar-refractivity contribution in [2.24, 2.45) is 5.92 Å². The van der Waals surface area contributed by atoms with Crippen LogP contribution in [-0.2, 0) is 9.59 Å². The number of ketones is 1. The molecule has 0 N–H and O–H groups in total. The standard InChI is InChI=1S/C11H14O2/c12-7-9-5-1-3-8-4-2-6-10(8)11(9)13/h7,9H,1-6H2. The van der Waals surface area contributed by atoms with Crippen molar-refractivity contribution < 1.29 is 9.59 Å². The van der Waals surface area contributed by atoms with Crippen LogP contribution < -0.4 is 0 Å². The van der Waals surface area contributed by atoms with Crippen LogP contribution in [-0.4, -0.2) is 12.1 Å². The van der Waals surface area contributed by atoms with Crippen LogP contribution in [0.5, 0.6) is 0 Å². The Labute approximate surface area is 78.0 Å². The third kappa shape index (κ3) is 1.45. The first-order valence-electron chi connectivity index (χ1n) is 5.03. The van der Waals surface area contributed by atoms with E-state index in [0.29, 0.717) is 0 Å². The van der Waals surface area contributed by atoms with E-state index in [-0.39, 0.29) is 11.7 Å². The van der Waals surface area contributed by atoms with E-state index in [2.05, 4.69) is 0 Å². The fourth-order valence-electron chi connectivity index (χ4n) is 2.40. The monoisotopic (exact) mass is 178 g/mol. The van der Waals surface area contributed by atoms with Gasteiger partial charge in [0.15, 0.2) is 5.78 Å². The molecule has 1 atom stereocenters. The maximum absolute atomic E-state index is 11.8. The van der Waals surface area contributed by atoms with Crippen LogP contribution in [0.25, 0.3) is 0 Å². The molecule has 2 aliphatic carbocycles. The molecule has 2 heteroatoms. The van der Waals surface area contributed by atoms with Crippen LogP contribution in [0.1, 0.15) is 38.5 Å². The van der Waals surface area contributed by atoms with E-state index >= 15 is 0 Å². The van der Waals surface area contributed by atoms with E-state index in [9.17, 15) is 9.59 Å². The highest BCUT2D eigenvalue weighted by Crippen LogP contribution is 2.35. The highest BCUT2D eigenvalue weighted by molar-refractivity contribution is 6.05. The largest absolute Gasteiger partial charge is 0.303 e. The van der Waals surface area contributed by atoms with Crippen molar-refractivity contribution in [1.29, 1.82) is 0 Å². The van der Waals surface area contributed by atoms with Gasteiger partial charge in [0, 0.05) is 0 Å². The first-order valence-corrected chi connectivity index (χ1v) is 5.03. The SMILES string of the molecule is O=CC1CCCC2=C(CCC2)C1=O. The molecule has 0 amide bonds. The topological polar surface area (TPSA) is 34.1 Å². The normalized spacial score (nSPS) is 28.6. The number of carbonyl (C=O) groups is 2. The van der Waals surface area contributed by atoms with Crippen molar-refractivity contribution in [3.05, 3.63) is 11.1 Å². The van der Waals surface area contributed by atoms with Crippen molar-refractivity contribution in [2.45, 2.75) is 38.5 Å². The van der Waals surface area contributed by atoms with E-state index in [4.69, 9.17) is 0 Å². The van der Waals surface area contributed by atoms with Crippen molar-refractivity contribution in [3.8, 4) is 0 Å². The van der Waals surface area contributed by atoms with Crippen LogP contribution in [0.2, 0.25) is 0 Å². The molecule has 0 fully saturated rings. The second-order valence-corrected chi connectivity index (χ2v) is 3.93. The summed E-state index contributed by atoms with van der Waals surface area (Å²) in [4.78, 5) is 22.4. The number of aldehydes is 1. The van der Waals surface area contributed by atoms with Crippen molar-refractivity contribution in [3.63, 3.8) is 0 Å². The molecule has 0 saturated heterocycles. The van der Waals surface area contributed by atoms with Crippen LogP contribution in [0.3, 0.4) is 0 Å². The van der Waals surface area contributed by atoms with Gasteiger partial charge in [0.25, 0.3) is 0 Å². The molecule has 0 spiro atoms. The second-order valence-electron chi connectivity index (χ2n) is 3.93. The van der Waals surface area contributed by atoms with Gasteiger partial charge in [-0.05, 0) is 44.1 Å². The van der Waals surface area contributed by atoms with E-state index in [1.165, 1.54) is 5.57 Å². The average Bonchev–Trinajstić information content (AvgIpc) is 2.54. The molecular weight excluding hydrogens is 164 g/mol. The van der Waals surface area contributed by atoms with Gasteiger partial charge >= 0.3 is 0 Å². The lowest BCUT2D eigenvalue weighted by Crippen LogP contribution is -2.16. The Morgan fingerprint density at radius 3 is 2.69 bits per heavy atom. The Bertz CT molecular complexity index is 276. The molecule has 2 rings (SSSR count). The zero-order chi connectivity index (χ0) is 9.26. The molecule has 0 heterocycles. The summed E-state index contributed by atoms with van der Waals surface area (Å²) < 4.78 is 0. The second kappa shape index (κ2) is 3.44. The summed E-state index contributed by atoms with van der Waals surface area (Å²) in [7, 11) is 0. The number of Topliss-reactive ketones (excluding diaryl/α,β-unsaturated/α-hetero) is 1. The third-order valence-corrected chi connectivity index (χ3v) is 3.12. The Balaban J connectivity index is 2.27. The van der Waals surface area contributed by atoms with Crippen LogP contribution in [0.4, 0.5) is 0 Å². The van der Waals surface area contributed by atoms with Gasteiger partial charge < -0.3 is 4.79 Å². The summed E-state index contributed by atoms with van der Waals surface area (Å²) in [6.07, 6.45) is 6.76. The molecule has 2 aliphatic rings. The summed E-state index contributed by atoms with van der Waals surface area (Å²) >= 11 is 0. The first-order chi connectivity index (χ1) is 6.33. The molecule has 13 heavy (non-hydrogen) atoms. The quantitative estimate of drug-likeness (QED) is 0.455. The van der Waals surface area contributed by atoms with Crippen molar-refractivity contribution in [2.75, 3.05) is 0 Å². The van der Waals surface area contributed by atoms with Gasteiger partial charge in [0.2, 0.25) is 0 Å². The molecule has 0 aromatic carbocycles. The summed E-state index contributed by atoms with van der Waals surface area (Å²) in [5.41, 5.74) is 2.34. The minimum absolute atomic E-state index is 0.125. The van der Waals surface area contributed by atoms with E-state index in [0.717, 1.165) is 50.4 Å². The summed E-state index contributed by atoms with van der Waals surface area (Å²) in [6, 6.07) is 0. The summed E-state index contributed by atoms with van der Waals surface area (Å²) in [5, 5.41) is 0. The predicted octanol–water partition coefficient (Wildman–Crippen LogP) is 2.04. The molecule has 0 radical (unpaired) electrons. The molecule has 0 bridgehead atoms. The maximum Gasteiger partial charge on any atom is 0.168 e. The van der Waals surface area contributed by atoms with Gasteiger partial charge in [0.1, 0.15) is 6.29 Å². The summed E-state index contributed by atoms with van der Waals surface area (Å²) in [5.74, 6) is -0.203. The van der Waals surface area contributed by atoms with Gasteiger partial charge in [-0.3, -0.25) is 4.79 Å². The zero-order valence-corrected chi connectivity index (χ0v) is 7.71. The fourth-order valence-corrected chi connectivity index (χ4v) is 2.40. The van der Waals surface area contributed by atoms with Crippen LogP contribution in [0.15, 0.2) is 11.1 Å². The minimum atomic E-state index is -0.328. The van der Waals surface area contributed by atoms with Gasteiger partial charge in [-0.25, -0.2) is 0 Å². The Kier molecular flexibility index (Phi) is 2.30. The number of allylic oxidation sites excluding steroid dienone is 2. The molecule has 0 saturated carbocycles. The molecule has 1 unspecified atom stereocenters. The average molecular weight is 178 g/mol. The number of hydrogen-bond donors (Lipinski definition) is 0. The molecule has 2 nitrogen and oxygen atoms in total. The maximum atomic E-state index is 11.8. The van der Waals surface area contributed by atoms with E-state index in [1.54, 1.807) is 0 Å². The van der Waals surface area contributed by atoms with E-state index < -0.39 is 0 Å². The Hall–Kier alpha value is -0.920. The van der Waals surface area contributed by atoms with Gasteiger partial charge in [0.05, 0.1) is 5.92 Å². The van der Waals surface area contributed by atoms with Gasteiger partial charge in [-0.15, -0.1) is 0 Å². The lowest BCUT2D eigenvalue weighted by Gasteiger charge is -2.05. The zero-order valence-electron chi connectivity index (χ0n) is 7.71. The van der Waals surface area contributed by atoms with Crippen molar-refractivity contribution >= 4 is 12.1 Å². The number of hydrogen-bond acceptors (Lipinski definition) is 2. The lowest BCUT2D eigenvalue weighted by molar-refractivity contribution is -0.124. The van der Waals surface area contributed by atoms with Crippen LogP contribution >= 0.6 is 0 Å². The van der Waals surface area contributed by atoms with E-state index in [1.807, 2.05) is 0 Å². The molecular formula is C11H14O2. The Morgan fingerprint density at radius 1 is 1.15 bits per heavy atom. The molecule has 0 aromatic rings. The minimum Gasteiger partial charge on any atom is -0.303 e. The predicted molar refractivity (Wildman–Crippen MR) is 49.3 cm³/mol. The highest BCUT2D eigenvalue weighted by atomic mass is 16.1. The van der Waals surface area contributed by atoms with Gasteiger partial charge in [-0.1, -0.05) is 5.57 Å².